The number of carbonyl (C=O) groups is 3. The van der Waals surface area contributed by atoms with Crippen LogP contribution in [0, 0.1) is 6.92 Å². The van der Waals surface area contributed by atoms with Crippen molar-refractivity contribution in [1.82, 2.24) is 19.8 Å². The highest BCUT2D eigenvalue weighted by molar-refractivity contribution is 7.13. The number of fused-ring (bicyclic) bond motifs is 1. The minimum absolute atomic E-state index is 0.0660. The first-order valence-electron chi connectivity index (χ1n) is 11.1. The molecular weight excluding hydrogens is 448 g/mol. The Morgan fingerprint density at radius 1 is 1.12 bits per heavy atom. The zero-order chi connectivity index (χ0) is 23.8. The number of pyridine rings is 1. The standard InChI is InChI=1S/C26H24N4O3S/c1-16-12-21(34-15-16)19-8-9-27-23-20(13-28-22(19)23)24(31)26(33)29-10-11-30(17(2)14-29)25(32)18-6-4-3-5-7-18/h3-9,12-13,15,17,28H,10-11,14H2,1-2H3/t17-/m1/s1. The van der Waals surface area contributed by atoms with E-state index in [-0.39, 0.29) is 17.5 Å². The average Bonchev–Trinajstić information content (AvgIpc) is 3.49. The van der Waals surface area contributed by atoms with Gasteiger partial charge in [-0.15, -0.1) is 11.3 Å². The van der Waals surface area contributed by atoms with E-state index in [9.17, 15) is 14.4 Å². The number of benzene rings is 1. The number of aromatic nitrogens is 2. The number of nitrogens with one attached hydrogen (secondary N) is 1. The fourth-order valence-corrected chi connectivity index (χ4v) is 5.36. The number of hydrogen-bond donors (Lipinski definition) is 1. The van der Waals surface area contributed by atoms with Gasteiger partial charge in [-0.05, 0) is 49.1 Å². The third-order valence-corrected chi connectivity index (χ3v) is 7.28. The second-order valence-electron chi connectivity index (χ2n) is 8.57. The van der Waals surface area contributed by atoms with Gasteiger partial charge < -0.3 is 14.8 Å². The normalized spacial score (nSPS) is 16.1. The zero-order valence-corrected chi connectivity index (χ0v) is 19.8. The summed E-state index contributed by atoms with van der Waals surface area (Å²) in [5, 5.41) is 2.07. The number of amides is 2. The fraction of sp³-hybridized carbons (Fsp3) is 0.231. The largest absolute Gasteiger partial charge is 0.359 e. The van der Waals surface area contributed by atoms with Gasteiger partial charge in [-0.1, -0.05) is 18.2 Å². The highest BCUT2D eigenvalue weighted by Gasteiger charge is 2.34. The van der Waals surface area contributed by atoms with Crippen LogP contribution in [-0.2, 0) is 4.79 Å². The molecule has 34 heavy (non-hydrogen) atoms. The Bertz CT molecular complexity index is 1390. The lowest BCUT2D eigenvalue weighted by Gasteiger charge is -2.39. The predicted octanol–water partition coefficient (Wildman–Crippen LogP) is 4.16. The highest BCUT2D eigenvalue weighted by Crippen LogP contribution is 2.33. The first-order valence-corrected chi connectivity index (χ1v) is 12.0. The van der Waals surface area contributed by atoms with Crippen LogP contribution in [-0.4, -0.2) is 63.0 Å². The lowest BCUT2D eigenvalue weighted by atomic mass is 10.1. The number of aromatic amines is 1. The lowest BCUT2D eigenvalue weighted by Crippen LogP contribution is -2.56. The number of rotatable bonds is 4. The summed E-state index contributed by atoms with van der Waals surface area (Å²) >= 11 is 1.63. The molecule has 1 aliphatic rings. The monoisotopic (exact) mass is 472 g/mol. The fourth-order valence-electron chi connectivity index (χ4n) is 4.42. The number of Topliss-reactive ketones (excluding diaryl/α,β-unsaturated/α-hetero) is 1. The summed E-state index contributed by atoms with van der Waals surface area (Å²) in [5.74, 6) is -1.23. The summed E-state index contributed by atoms with van der Waals surface area (Å²) in [4.78, 5) is 51.1. The molecule has 1 aromatic carbocycles. The van der Waals surface area contributed by atoms with Crippen molar-refractivity contribution in [2.24, 2.45) is 0 Å². The number of piperazine rings is 1. The number of thiophene rings is 1. The SMILES string of the molecule is Cc1csc(-c2ccnc3c(C(=O)C(=O)N4CCN(C(=O)c5ccccc5)[C@H](C)C4)c[nH]c23)c1. The van der Waals surface area contributed by atoms with Crippen molar-refractivity contribution in [1.29, 1.82) is 0 Å². The van der Waals surface area contributed by atoms with Crippen LogP contribution in [0.1, 0.15) is 33.2 Å². The quantitative estimate of drug-likeness (QED) is 0.357. The molecule has 0 unspecified atom stereocenters. The third kappa shape index (κ3) is 3.90. The van der Waals surface area contributed by atoms with Gasteiger partial charge in [-0.3, -0.25) is 19.4 Å². The molecule has 1 fully saturated rings. The number of hydrogen-bond acceptors (Lipinski definition) is 5. The molecule has 0 bridgehead atoms. The molecule has 2 amide bonds. The predicted molar refractivity (Wildman–Crippen MR) is 132 cm³/mol. The summed E-state index contributed by atoms with van der Waals surface area (Å²) in [7, 11) is 0. The van der Waals surface area contributed by atoms with Gasteiger partial charge in [-0.25, -0.2) is 0 Å². The van der Waals surface area contributed by atoms with Crippen molar-refractivity contribution in [2.75, 3.05) is 19.6 Å². The second kappa shape index (κ2) is 8.87. The van der Waals surface area contributed by atoms with Gasteiger partial charge in [-0.2, -0.15) is 0 Å². The molecule has 172 valence electrons. The molecule has 3 aromatic heterocycles. The van der Waals surface area contributed by atoms with E-state index in [1.165, 1.54) is 10.5 Å². The van der Waals surface area contributed by atoms with E-state index in [1.54, 1.807) is 40.8 Å². The highest BCUT2D eigenvalue weighted by atomic mass is 32.1. The van der Waals surface area contributed by atoms with Gasteiger partial charge in [0.05, 0.1) is 16.6 Å². The lowest BCUT2D eigenvalue weighted by molar-refractivity contribution is -0.128. The number of aryl methyl sites for hydroxylation is 1. The minimum Gasteiger partial charge on any atom is -0.359 e. The van der Waals surface area contributed by atoms with Crippen molar-refractivity contribution in [3.63, 3.8) is 0 Å². The molecule has 0 spiro atoms. The van der Waals surface area contributed by atoms with E-state index in [2.05, 4.69) is 21.4 Å². The second-order valence-corrected chi connectivity index (χ2v) is 9.48. The van der Waals surface area contributed by atoms with Gasteiger partial charge in [0.25, 0.3) is 17.6 Å². The summed E-state index contributed by atoms with van der Waals surface area (Å²) in [5.41, 5.74) is 4.25. The molecule has 0 aliphatic carbocycles. The number of ketones is 1. The molecule has 8 heteroatoms. The smallest absolute Gasteiger partial charge is 0.295 e. The first-order chi connectivity index (χ1) is 16.4. The van der Waals surface area contributed by atoms with Gasteiger partial charge in [0.2, 0.25) is 0 Å². The van der Waals surface area contributed by atoms with Gasteiger partial charge in [0, 0.05) is 54.1 Å². The van der Waals surface area contributed by atoms with Crippen LogP contribution in [0.3, 0.4) is 0 Å². The van der Waals surface area contributed by atoms with Crippen molar-refractivity contribution in [3.05, 3.63) is 76.9 Å². The molecular formula is C26H24N4O3S. The maximum Gasteiger partial charge on any atom is 0.295 e. The molecule has 5 rings (SSSR count). The number of carbonyl (C=O) groups excluding carboxylic acids is 3. The van der Waals surface area contributed by atoms with Crippen LogP contribution in [0.5, 0.6) is 0 Å². The maximum absolute atomic E-state index is 13.2. The van der Waals surface area contributed by atoms with E-state index < -0.39 is 11.7 Å². The molecule has 4 aromatic rings. The van der Waals surface area contributed by atoms with E-state index in [4.69, 9.17) is 0 Å². The van der Waals surface area contributed by atoms with Crippen LogP contribution >= 0.6 is 11.3 Å². The topological polar surface area (TPSA) is 86.4 Å². The summed E-state index contributed by atoms with van der Waals surface area (Å²) in [6, 6.07) is 12.9. The Labute approximate surface area is 201 Å². The van der Waals surface area contributed by atoms with E-state index in [0.717, 1.165) is 16.0 Å². The first kappa shape index (κ1) is 22.0. The summed E-state index contributed by atoms with van der Waals surface area (Å²) in [6.07, 6.45) is 3.23. The van der Waals surface area contributed by atoms with Crippen LogP contribution in [0.4, 0.5) is 0 Å². The minimum atomic E-state index is -0.590. The van der Waals surface area contributed by atoms with Crippen LogP contribution in [0.2, 0.25) is 0 Å². The molecule has 1 N–H and O–H groups in total. The molecule has 1 aliphatic heterocycles. The molecule has 1 atom stereocenters. The number of nitrogens with zero attached hydrogens (tertiary/aromatic N) is 3. The van der Waals surface area contributed by atoms with E-state index in [0.29, 0.717) is 30.7 Å². The van der Waals surface area contributed by atoms with Crippen molar-refractivity contribution < 1.29 is 14.4 Å². The summed E-state index contributed by atoms with van der Waals surface area (Å²) < 4.78 is 0. The number of H-pyrrole nitrogens is 1. The van der Waals surface area contributed by atoms with Crippen LogP contribution in [0.15, 0.2) is 60.2 Å². The van der Waals surface area contributed by atoms with Crippen molar-refractivity contribution in [2.45, 2.75) is 19.9 Å². The van der Waals surface area contributed by atoms with Crippen molar-refractivity contribution in [3.8, 4) is 10.4 Å². The summed E-state index contributed by atoms with van der Waals surface area (Å²) in [6.45, 7) is 4.92. The molecule has 4 heterocycles. The van der Waals surface area contributed by atoms with Crippen LogP contribution < -0.4 is 0 Å². The van der Waals surface area contributed by atoms with Crippen LogP contribution in [0.25, 0.3) is 21.5 Å². The van der Waals surface area contributed by atoms with Gasteiger partial charge >= 0.3 is 0 Å². The van der Waals surface area contributed by atoms with Crippen molar-refractivity contribution >= 4 is 40.0 Å². The van der Waals surface area contributed by atoms with E-state index >= 15 is 0 Å². The Balaban J connectivity index is 1.34. The molecule has 7 nitrogen and oxygen atoms in total. The average molecular weight is 473 g/mol. The Hall–Kier alpha value is -3.78. The van der Waals surface area contributed by atoms with Gasteiger partial charge in [0.15, 0.2) is 0 Å². The molecule has 1 saturated heterocycles. The molecule has 0 saturated carbocycles. The van der Waals surface area contributed by atoms with Gasteiger partial charge in [0.1, 0.15) is 0 Å². The Morgan fingerprint density at radius 2 is 1.91 bits per heavy atom. The third-order valence-electron chi connectivity index (χ3n) is 6.20. The Kier molecular flexibility index (Phi) is 5.75. The Morgan fingerprint density at radius 3 is 2.62 bits per heavy atom. The molecule has 0 radical (unpaired) electrons. The zero-order valence-electron chi connectivity index (χ0n) is 18.9. The van der Waals surface area contributed by atoms with E-state index in [1.807, 2.05) is 38.1 Å². The maximum atomic E-state index is 13.2.